The smallest absolute Gasteiger partial charge is 0.373 e. The fourth-order valence-corrected chi connectivity index (χ4v) is 2.20. The summed E-state index contributed by atoms with van der Waals surface area (Å²) in [6, 6.07) is 0.625. The molecule has 0 spiro atoms. The molecule has 5 nitrogen and oxygen atoms in total. The van der Waals surface area contributed by atoms with Crippen molar-refractivity contribution in [2.24, 2.45) is 5.73 Å². The number of anilines is 1. The maximum absolute atomic E-state index is 13.0. The van der Waals surface area contributed by atoms with E-state index in [0.29, 0.717) is 0 Å². The van der Waals surface area contributed by atoms with Crippen molar-refractivity contribution in [3.8, 4) is 0 Å². The van der Waals surface area contributed by atoms with Gasteiger partial charge in [0.15, 0.2) is 0 Å². The first-order valence-corrected chi connectivity index (χ1v) is 6.62. The van der Waals surface area contributed by atoms with Gasteiger partial charge in [-0.05, 0) is 25.1 Å². The second-order valence-corrected chi connectivity index (χ2v) is 5.77. The highest BCUT2D eigenvalue weighted by molar-refractivity contribution is 7.92. The summed E-state index contributed by atoms with van der Waals surface area (Å²) in [6.07, 6.45) is 0. The van der Waals surface area contributed by atoms with Crippen molar-refractivity contribution in [2.75, 3.05) is 5.32 Å². The number of carbonyl (C=O) groups excluding carboxylic acids is 1. The average molecular weight is 314 g/mol. The van der Waals surface area contributed by atoms with Gasteiger partial charge in [0.05, 0.1) is 5.69 Å². The van der Waals surface area contributed by atoms with Crippen LogP contribution in [0.2, 0.25) is 0 Å². The Bertz CT molecular complexity index is 628. The molecule has 10 heteroatoms. The van der Waals surface area contributed by atoms with Crippen molar-refractivity contribution in [2.45, 2.75) is 23.4 Å². The summed E-state index contributed by atoms with van der Waals surface area (Å²) in [4.78, 5) is 9.54. The average Bonchev–Trinajstić information content (AvgIpc) is 2.29. The number of amides is 1. The lowest BCUT2D eigenvalue weighted by Gasteiger charge is -2.17. The Labute approximate surface area is 111 Å². The number of sulfone groups is 1. The van der Waals surface area contributed by atoms with Crippen molar-refractivity contribution in [3.05, 3.63) is 24.0 Å². The zero-order valence-electron chi connectivity index (χ0n) is 10.0. The van der Waals surface area contributed by atoms with Gasteiger partial charge in [0.25, 0.3) is 9.84 Å². The standard InChI is InChI=1S/C10H10F4N2O3S/c1-5(9(15)17)16-7-3-2-6(11)4-8(7)20(18,19)10(12,13)14/h2-5,16H,1H3,(H2,15,17). The minimum absolute atomic E-state index is 0.221. The number of rotatable bonds is 4. The van der Waals surface area contributed by atoms with Gasteiger partial charge in [0.2, 0.25) is 5.91 Å². The van der Waals surface area contributed by atoms with Crippen LogP contribution in [0.3, 0.4) is 0 Å². The number of nitrogens with one attached hydrogen (secondary N) is 1. The third kappa shape index (κ3) is 3.18. The summed E-state index contributed by atoms with van der Waals surface area (Å²) >= 11 is 0. The predicted molar refractivity (Wildman–Crippen MR) is 61.9 cm³/mol. The number of alkyl halides is 3. The first-order chi connectivity index (χ1) is 8.96. The van der Waals surface area contributed by atoms with E-state index < -0.39 is 43.7 Å². The molecule has 0 aromatic heterocycles. The Morgan fingerprint density at radius 2 is 1.90 bits per heavy atom. The molecule has 20 heavy (non-hydrogen) atoms. The quantitative estimate of drug-likeness (QED) is 0.822. The van der Waals surface area contributed by atoms with Gasteiger partial charge in [-0.1, -0.05) is 0 Å². The molecule has 0 saturated heterocycles. The van der Waals surface area contributed by atoms with Gasteiger partial charge >= 0.3 is 5.51 Å². The van der Waals surface area contributed by atoms with Crippen LogP contribution in [-0.2, 0) is 14.6 Å². The lowest BCUT2D eigenvalue weighted by atomic mass is 10.2. The highest BCUT2D eigenvalue weighted by atomic mass is 32.2. The molecule has 0 heterocycles. The number of hydrogen-bond acceptors (Lipinski definition) is 4. The van der Waals surface area contributed by atoms with E-state index in [1.165, 1.54) is 6.92 Å². The van der Waals surface area contributed by atoms with Gasteiger partial charge in [-0.25, -0.2) is 12.8 Å². The van der Waals surface area contributed by atoms with E-state index in [2.05, 4.69) is 5.32 Å². The van der Waals surface area contributed by atoms with Crippen molar-refractivity contribution < 1.29 is 30.8 Å². The van der Waals surface area contributed by atoms with Gasteiger partial charge < -0.3 is 11.1 Å². The Hall–Kier alpha value is -1.84. The molecule has 0 aliphatic carbocycles. The van der Waals surface area contributed by atoms with E-state index in [0.717, 1.165) is 12.1 Å². The molecule has 1 aromatic rings. The first kappa shape index (κ1) is 16.2. The van der Waals surface area contributed by atoms with E-state index >= 15 is 0 Å². The number of hydrogen-bond donors (Lipinski definition) is 2. The van der Waals surface area contributed by atoms with Gasteiger partial charge in [0, 0.05) is 0 Å². The highest BCUT2D eigenvalue weighted by Gasteiger charge is 2.48. The number of benzene rings is 1. The summed E-state index contributed by atoms with van der Waals surface area (Å²) in [6.45, 7) is 1.22. The molecule has 1 aromatic carbocycles. The summed E-state index contributed by atoms with van der Waals surface area (Å²) in [5, 5.41) is 2.19. The number of primary amides is 1. The molecule has 0 fully saturated rings. The summed E-state index contributed by atoms with van der Waals surface area (Å²) in [5.41, 5.74) is -1.24. The maximum atomic E-state index is 13.0. The van der Waals surface area contributed by atoms with Crippen LogP contribution in [0.15, 0.2) is 23.1 Å². The fraction of sp³-hybridized carbons (Fsp3) is 0.300. The van der Waals surface area contributed by atoms with Gasteiger partial charge in [0.1, 0.15) is 16.8 Å². The topological polar surface area (TPSA) is 89.3 Å². The number of carbonyl (C=O) groups is 1. The van der Waals surface area contributed by atoms with Crippen molar-refractivity contribution in [1.29, 1.82) is 0 Å². The Morgan fingerprint density at radius 1 is 1.35 bits per heavy atom. The third-order valence-electron chi connectivity index (χ3n) is 2.34. The van der Waals surface area contributed by atoms with E-state index in [1.54, 1.807) is 0 Å². The molecular formula is C10H10F4N2O3S. The Balaban J connectivity index is 3.39. The van der Waals surface area contributed by atoms with E-state index in [9.17, 15) is 30.8 Å². The van der Waals surface area contributed by atoms with E-state index in [4.69, 9.17) is 5.73 Å². The molecule has 0 radical (unpaired) electrons. The SMILES string of the molecule is CC(Nc1ccc(F)cc1S(=O)(=O)C(F)(F)F)C(N)=O. The lowest BCUT2D eigenvalue weighted by molar-refractivity contribution is -0.118. The molecule has 112 valence electrons. The Kier molecular flexibility index (Phi) is 4.27. The molecule has 1 unspecified atom stereocenters. The van der Waals surface area contributed by atoms with Crippen LogP contribution in [0.25, 0.3) is 0 Å². The molecule has 3 N–H and O–H groups in total. The molecule has 1 atom stereocenters. The normalized spacial score (nSPS) is 13.8. The van der Waals surface area contributed by atoms with Gasteiger partial charge in [-0.15, -0.1) is 0 Å². The fourth-order valence-electron chi connectivity index (χ4n) is 1.27. The van der Waals surface area contributed by atoms with E-state index in [1.807, 2.05) is 0 Å². The second kappa shape index (κ2) is 5.27. The zero-order chi connectivity index (χ0) is 15.7. The molecule has 0 aliphatic heterocycles. The molecular weight excluding hydrogens is 304 g/mol. The van der Waals surface area contributed by atoms with Crippen LogP contribution >= 0.6 is 0 Å². The summed E-state index contributed by atoms with van der Waals surface area (Å²) in [5.74, 6) is -2.07. The third-order valence-corrected chi connectivity index (χ3v) is 3.86. The highest BCUT2D eigenvalue weighted by Crippen LogP contribution is 2.34. The molecule has 1 rings (SSSR count). The monoisotopic (exact) mass is 314 g/mol. The van der Waals surface area contributed by atoms with Gasteiger partial charge in [-0.3, -0.25) is 4.79 Å². The predicted octanol–water partition coefficient (Wildman–Crippen LogP) is 1.40. The second-order valence-electron chi connectivity index (χ2n) is 3.86. The van der Waals surface area contributed by atoms with Crippen molar-refractivity contribution in [1.82, 2.24) is 0 Å². The molecule has 0 aliphatic rings. The molecule has 0 bridgehead atoms. The van der Waals surface area contributed by atoms with Crippen molar-refractivity contribution >= 4 is 21.4 Å². The zero-order valence-corrected chi connectivity index (χ0v) is 10.8. The summed E-state index contributed by atoms with van der Waals surface area (Å²) < 4.78 is 73.2. The minimum atomic E-state index is -5.76. The number of nitrogens with two attached hydrogens (primary N) is 1. The van der Waals surface area contributed by atoms with Gasteiger partial charge in [-0.2, -0.15) is 13.2 Å². The first-order valence-electron chi connectivity index (χ1n) is 5.13. The maximum Gasteiger partial charge on any atom is 0.501 e. The van der Waals surface area contributed by atoms with Crippen LogP contribution in [0.4, 0.5) is 23.2 Å². The molecule has 1 amide bonds. The minimum Gasteiger partial charge on any atom is -0.373 e. The number of halogens is 4. The lowest BCUT2D eigenvalue weighted by Crippen LogP contribution is -2.33. The van der Waals surface area contributed by atoms with Crippen LogP contribution in [0.5, 0.6) is 0 Å². The van der Waals surface area contributed by atoms with Crippen LogP contribution in [-0.4, -0.2) is 25.9 Å². The van der Waals surface area contributed by atoms with Crippen LogP contribution < -0.4 is 11.1 Å². The summed E-state index contributed by atoms with van der Waals surface area (Å²) in [7, 11) is -5.76. The van der Waals surface area contributed by atoms with Crippen LogP contribution in [0, 0.1) is 5.82 Å². The van der Waals surface area contributed by atoms with Crippen molar-refractivity contribution in [3.63, 3.8) is 0 Å². The largest absolute Gasteiger partial charge is 0.501 e. The molecule has 0 saturated carbocycles. The Morgan fingerprint density at radius 3 is 2.35 bits per heavy atom. The van der Waals surface area contributed by atoms with Crippen LogP contribution in [0.1, 0.15) is 6.92 Å². The van der Waals surface area contributed by atoms with E-state index in [-0.39, 0.29) is 6.07 Å².